The van der Waals surface area contributed by atoms with Crippen molar-refractivity contribution in [1.29, 1.82) is 0 Å². The number of amides is 4. The lowest BCUT2D eigenvalue weighted by Crippen LogP contribution is -2.58. The van der Waals surface area contributed by atoms with Crippen molar-refractivity contribution in [1.82, 2.24) is 20.9 Å². The third-order valence-electron chi connectivity index (χ3n) is 7.40. The monoisotopic (exact) mass is 628 g/mol. The van der Waals surface area contributed by atoms with Crippen LogP contribution >= 0.6 is 0 Å². The summed E-state index contributed by atoms with van der Waals surface area (Å²) < 4.78 is 0. The van der Waals surface area contributed by atoms with Crippen LogP contribution in [0.25, 0.3) is 10.9 Å². The third kappa shape index (κ3) is 9.16. The summed E-state index contributed by atoms with van der Waals surface area (Å²) in [6, 6.07) is 17.0. The Morgan fingerprint density at radius 2 is 1.24 bits per heavy atom. The molecule has 4 unspecified atom stereocenters. The molecule has 0 aliphatic rings. The maximum atomic E-state index is 13.7. The van der Waals surface area contributed by atoms with Crippen molar-refractivity contribution in [3.8, 4) is 5.75 Å². The zero-order valence-electron chi connectivity index (χ0n) is 24.8. The fourth-order valence-electron chi connectivity index (χ4n) is 4.99. The number of aromatic nitrogens is 1. The molecular weight excluding hydrogens is 592 g/mol. The summed E-state index contributed by atoms with van der Waals surface area (Å²) in [6.07, 6.45) is 1.17. The van der Waals surface area contributed by atoms with Crippen molar-refractivity contribution in [3.63, 3.8) is 0 Å². The van der Waals surface area contributed by atoms with Gasteiger partial charge in [0.2, 0.25) is 23.6 Å². The van der Waals surface area contributed by atoms with Crippen molar-refractivity contribution in [3.05, 3.63) is 102 Å². The number of carboxylic acid groups (broad SMARTS) is 1. The zero-order valence-corrected chi connectivity index (χ0v) is 24.8. The van der Waals surface area contributed by atoms with Gasteiger partial charge in [-0.1, -0.05) is 60.7 Å². The molecule has 1 heterocycles. The number of nitrogens with two attached hydrogens (primary N) is 2. The maximum absolute atomic E-state index is 13.7. The molecule has 1 aromatic heterocycles. The van der Waals surface area contributed by atoms with E-state index in [1.807, 2.05) is 24.3 Å². The fourth-order valence-corrected chi connectivity index (χ4v) is 4.99. The van der Waals surface area contributed by atoms with E-state index >= 15 is 0 Å². The Morgan fingerprint density at radius 1 is 0.696 bits per heavy atom. The average molecular weight is 629 g/mol. The van der Waals surface area contributed by atoms with Gasteiger partial charge in [-0.05, 0) is 34.9 Å². The van der Waals surface area contributed by atoms with Crippen LogP contribution < -0.4 is 27.4 Å². The van der Waals surface area contributed by atoms with Gasteiger partial charge in [0.1, 0.15) is 23.9 Å². The highest BCUT2D eigenvalue weighted by Gasteiger charge is 2.31. The summed E-state index contributed by atoms with van der Waals surface area (Å²) in [6.45, 7) is 0. The Morgan fingerprint density at radius 3 is 1.85 bits per heavy atom. The number of H-pyrrole nitrogens is 1. The van der Waals surface area contributed by atoms with E-state index in [2.05, 4.69) is 20.9 Å². The van der Waals surface area contributed by atoms with Crippen molar-refractivity contribution >= 4 is 40.5 Å². The number of carbonyl (C=O) groups excluding carboxylic acids is 4. The van der Waals surface area contributed by atoms with Crippen LogP contribution in [0.15, 0.2) is 85.1 Å². The lowest BCUT2D eigenvalue weighted by molar-refractivity contribution is -0.142. The summed E-state index contributed by atoms with van der Waals surface area (Å²) in [4.78, 5) is 66.9. The minimum atomic E-state index is -1.32. The number of aromatic amines is 1. The molecule has 4 aromatic rings. The molecule has 0 radical (unpaired) electrons. The van der Waals surface area contributed by atoms with Crippen LogP contribution in [-0.4, -0.2) is 69.0 Å². The van der Waals surface area contributed by atoms with Crippen molar-refractivity contribution in [2.45, 2.75) is 49.9 Å². The van der Waals surface area contributed by atoms with Gasteiger partial charge in [-0.2, -0.15) is 0 Å². The van der Waals surface area contributed by atoms with Gasteiger partial charge < -0.3 is 42.6 Å². The van der Waals surface area contributed by atoms with Crippen LogP contribution in [0, 0.1) is 0 Å². The lowest BCUT2D eigenvalue weighted by Gasteiger charge is -2.25. The van der Waals surface area contributed by atoms with Crippen LogP contribution in [0.5, 0.6) is 5.75 Å². The Balaban J connectivity index is 1.57. The van der Waals surface area contributed by atoms with E-state index in [4.69, 9.17) is 11.5 Å². The Hall–Kier alpha value is -5.69. The number of primary amides is 1. The van der Waals surface area contributed by atoms with Gasteiger partial charge in [0.25, 0.3) is 0 Å². The molecule has 3 aromatic carbocycles. The van der Waals surface area contributed by atoms with E-state index in [1.54, 1.807) is 48.7 Å². The number of carbonyl (C=O) groups is 5. The molecule has 0 saturated heterocycles. The fraction of sp³-hybridized carbons (Fsp3) is 0.242. The molecule has 0 bridgehead atoms. The smallest absolute Gasteiger partial charge is 0.326 e. The summed E-state index contributed by atoms with van der Waals surface area (Å²) in [5.41, 5.74) is 13.7. The van der Waals surface area contributed by atoms with Gasteiger partial charge in [-0.3, -0.25) is 19.2 Å². The quantitative estimate of drug-likeness (QED) is 0.0929. The van der Waals surface area contributed by atoms with E-state index in [1.165, 1.54) is 12.1 Å². The standard InChI is InChI=1S/C33H36N6O7/c34-24(17-29(35)41)30(42)37-26(15-20-10-12-22(40)13-11-20)31(43)38-27(14-19-6-2-1-3-7-19)32(44)39-28(33(45)46)16-21-18-36-25-9-5-4-8-23(21)25/h1-13,18,24,26-28,36,40H,14-17,34H2,(H2,35,41)(H,37,42)(H,38,43)(H,39,44)(H,45,46). The molecule has 4 rings (SSSR count). The first-order valence-corrected chi connectivity index (χ1v) is 14.5. The van der Waals surface area contributed by atoms with Crippen LogP contribution in [0.1, 0.15) is 23.1 Å². The second kappa shape index (κ2) is 15.3. The molecule has 0 fully saturated rings. The lowest BCUT2D eigenvalue weighted by atomic mass is 10.0. The van der Waals surface area contributed by atoms with Crippen molar-refractivity contribution in [2.24, 2.45) is 11.5 Å². The highest BCUT2D eigenvalue weighted by Crippen LogP contribution is 2.19. The molecule has 10 N–H and O–H groups in total. The first kappa shape index (κ1) is 33.2. The number of hydrogen-bond acceptors (Lipinski definition) is 7. The van der Waals surface area contributed by atoms with E-state index < -0.39 is 60.2 Å². The number of benzene rings is 3. The number of nitrogens with one attached hydrogen (secondary N) is 4. The molecule has 0 saturated carbocycles. The van der Waals surface area contributed by atoms with Gasteiger partial charge in [0.05, 0.1) is 12.5 Å². The van der Waals surface area contributed by atoms with Crippen LogP contribution in [-0.2, 0) is 43.2 Å². The zero-order chi connectivity index (χ0) is 33.2. The van der Waals surface area contributed by atoms with Gasteiger partial charge in [-0.25, -0.2) is 4.79 Å². The molecule has 0 aliphatic heterocycles. The molecule has 46 heavy (non-hydrogen) atoms. The number of rotatable bonds is 15. The number of phenolic OH excluding ortho intramolecular Hbond substituents is 1. The first-order valence-electron chi connectivity index (χ1n) is 14.5. The van der Waals surface area contributed by atoms with Crippen molar-refractivity contribution in [2.75, 3.05) is 0 Å². The molecular formula is C33H36N6O7. The molecule has 0 aliphatic carbocycles. The second-order valence-corrected chi connectivity index (χ2v) is 10.9. The average Bonchev–Trinajstić information content (AvgIpc) is 3.43. The summed E-state index contributed by atoms with van der Waals surface area (Å²) in [7, 11) is 0. The van der Waals surface area contributed by atoms with E-state index in [0.29, 0.717) is 16.7 Å². The maximum Gasteiger partial charge on any atom is 0.326 e. The van der Waals surface area contributed by atoms with E-state index in [-0.39, 0.29) is 25.0 Å². The van der Waals surface area contributed by atoms with Gasteiger partial charge in [0.15, 0.2) is 0 Å². The second-order valence-electron chi connectivity index (χ2n) is 10.9. The number of aliphatic carboxylic acids is 1. The van der Waals surface area contributed by atoms with Crippen LogP contribution in [0.4, 0.5) is 0 Å². The number of aromatic hydroxyl groups is 1. The summed E-state index contributed by atoms with van der Waals surface area (Å²) >= 11 is 0. The number of phenols is 1. The molecule has 13 nitrogen and oxygen atoms in total. The SMILES string of the molecule is NC(=O)CC(N)C(=O)NC(Cc1ccc(O)cc1)C(=O)NC(Cc1ccccc1)C(=O)NC(Cc1c[nH]c2ccccc12)C(=O)O. The predicted octanol–water partition coefficient (Wildman–Crippen LogP) is 0.643. The third-order valence-corrected chi connectivity index (χ3v) is 7.40. The first-order chi connectivity index (χ1) is 22.0. The minimum absolute atomic E-state index is 0.00233. The number of carboxylic acids is 1. The highest BCUT2D eigenvalue weighted by molar-refractivity contribution is 5.95. The van der Waals surface area contributed by atoms with E-state index in [9.17, 15) is 34.2 Å². The molecule has 13 heteroatoms. The summed E-state index contributed by atoms with van der Waals surface area (Å²) in [5.74, 6) is -4.38. The molecule has 4 amide bonds. The largest absolute Gasteiger partial charge is 0.508 e. The van der Waals surface area contributed by atoms with Crippen LogP contribution in [0.2, 0.25) is 0 Å². The van der Waals surface area contributed by atoms with Gasteiger partial charge in [0, 0.05) is 36.4 Å². The van der Waals surface area contributed by atoms with Gasteiger partial charge in [-0.15, -0.1) is 0 Å². The van der Waals surface area contributed by atoms with Crippen molar-refractivity contribution < 1.29 is 34.2 Å². The number of para-hydroxylation sites is 1. The summed E-state index contributed by atoms with van der Waals surface area (Å²) in [5, 5.41) is 28.3. The number of hydrogen-bond donors (Lipinski definition) is 8. The predicted molar refractivity (Wildman–Crippen MR) is 169 cm³/mol. The van der Waals surface area contributed by atoms with E-state index in [0.717, 1.165) is 10.9 Å². The Labute approximate surface area is 264 Å². The molecule has 0 spiro atoms. The van der Waals surface area contributed by atoms with Gasteiger partial charge >= 0.3 is 5.97 Å². The van der Waals surface area contributed by atoms with Crippen LogP contribution in [0.3, 0.4) is 0 Å². The number of fused-ring (bicyclic) bond motifs is 1. The minimum Gasteiger partial charge on any atom is -0.508 e. The Bertz CT molecular complexity index is 1690. The Kier molecular flexibility index (Phi) is 11.1. The topological polar surface area (TPSA) is 230 Å². The normalized spacial score (nSPS) is 13.6. The highest BCUT2D eigenvalue weighted by atomic mass is 16.4. The molecule has 4 atom stereocenters. The molecule has 240 valence electrons.